The predicted molar refractivity (Wildman–Crippen MR) is 188 cm³/mol. The van der Waals surface area contributed by atoms with Gasteiger partial charge in [0.1, 0.15) is 18.3 Å². The third-order valence-electron chi connectivity index (χ3n) is 7.88. The van der Waals surface area contributed by atoms with Crippen LogP contribution < -0.4 is 14.4 Å². The van der Waals surface area contributed by atoms with Gasteiger partial charge in [-0.2, -0.15) is 0 Å². The Kier molecular flexibility index (Phi) is 12.3. The van der Waals surface area contributed by atoms with Crippen LogP contribution in [0, 0.1) is 6.92 Å². The molecule has 2 atom stereocenters. The van der Waals surface area contributed by atoms with Crippen LogP contribution >= 0.6 is 23.2 Å². The Balaban J connectivity index is 1.82. The molecule has 4 rings (SSSR count). The molecular weight excluding hydrogens is 657 g/mol. The van der Waals surface area contributed by atoms with E-state index in [4.69, 9.17) is 27.9 Å². The highest BCUT2D eigenvalue weighted by Crippen LogP contribution is 2.28. The molecule has 0 aromatic heterocycles. The number of halogens is 2. The van der Waals surface area contributed by atoms with Crippen LogP contribution in [0.3, 0.4) is 0 Å². The molecule has 47 heavy (non-hydrogen) atoms. The topological polar surface area (TPSA) is 96.0 Å². The molecule has 0 saturated heterocycles. The Bertz CT molecular complexity index is 1770. The second-order valence-electron chi connectivity index (χ2n) is 11.3. The summed E-state index contributed by atoms with van der Waals surface area (Å²) >= 11 is 12.8. The highest BCUT2D eigenvalue weighted by atomic mass is 35.5. The first-order valence-electron chi connectivity index (χ1n) is 15.2. The van der Waals surface area contributed by atoms with E-state index in [2.05, 4.69) is 5.32 Å². The zero-order valence-corrected chi connectivity index (χ0v) is 29.1. The van der Waals surface area contributed by atoms with Gasteiger partial charge in [-0.15, -0.1) is 0 Å². The van der Waals surface area contributed by atoms with Gasteiger partial charge in [0.15, 0.2) is 0 Å². The number of carbonyl (C=O) groups is 2. The summed E-state index contributed by atoms with van der Waals surface area (Å²) in [4.78, 5) is 29.9. The minimum atomic E-state index is -4.25. The van der Waals surface area contributed by atoms with Crippen molar-refractivity contribution in [2.24, 2.45) is 0 Å². The van der Waals surface area contributed by atoms with Crippen molar-refractivity contribution in [1.29, 1.82) is 0 Å². The van der Waals surface area contributed by atoms with Crippen molar-refractivity contribution in [2.75, 3.05) is 18.0 Å². The number of methoxy groups -OCH3 is 1. The summed E-state index contributed by atoms with van der Waals surface area (Å²) in [6, 6.07) is 26.0. The zero-order chi connectivity index (χ0) is 34.1. The van der Waals surface area contributed by atoms with Crippen LogP contribution in [0.15, 0.2) is 102 Å². The maximum atomic E-state index is 14.6. The number of hydrogen-bond acceptors (Lipinski definition) is 5. The highest BCUT2D eigenvalue weighted by Gasteiger charge is 2.35. The van der Waals surface area contributed by atoms with E-state index >= 15 is 0 Å². The number of hydrogen-bond donors (Lipinski definition) is 1. The van der Waals surface area contributed by atoms with Gasteiger partial charge in [0.05, 0.1) is 17.7 Å². The predicted octanol–water partition coefficient (Wildman–Crippen LogP) is 7.06. The first-order valence-corrected chi connectivity index (χ1v) is 17.4. The van der Waals surface area contributed by atoms with Gasteiger partial charge in [0.25, 0.3) is 10.0 Å². The van der Waals surface area contributed by atoms with Crippen LogP contribution in [0.1, 0.15) is 37.0 Å². The number of carbonyl (C=O) groups excluding carboxylic acids is 2. The molecule has 0 radical (unpaired) electrons. The van der Waals surface area contributed by atoms with Crippen LogP contribution in [0.25, 0.3) is 0 Å². The minimum absolute atomic E-state index is 0.0191. The molecule has 0 saturated carbocycles. The molecule has 248 valence electrons. The summed E-state index contributed by atoms with van der Waals surface area (Å²) in [6.07, 6.45) is 0.873. The quantitative estimate of drug-likeness (QED) is 0.152. The second-order valence-corrected chi connectivity index (χ2v) is 14.0. The zero-order valence-electron chi connectivity index (χ0n) is 26.8. The van der Waals surface area contributed by atoms with Crippen molar-refractivity contribution in [2.45, 2.75) is 57.1 Å². The van der Waals surface area contributed by atoms with Crippen molar-refractivity contribution in [3.05, 3.63) is 124 Å². The SMILES string of the molecule is CC[C@H](C)NC(=O)[C@@H](Cc1ccccc1)N(Cc1ccc(Cl)cc1Cl)C(=O)CN(c1ccc(C)cc1)S(=O)(=O)c1ccc(OC)cc1. The highest BCUT2D eigenvalue weighted by molar-refractivity contribution is 7.92. The maximum absolute atomic E-state index is 14.6. The van der Waals surface area contributed by atoms with Crippen molar-refractivity contribution < 1.29 is 22.7 Å². The summed E-state index contributed by atoms with van der Waals surface area (Å²) in [5.74, 6) is -0.459. The average Bonchev–Trinajstić information content (AvgIpc) is 3.06. The smallest absolute Gasteiger partial charge is 0.264 e. The molecule has 8 nitrogen and oxygen atoms in total. The van der Waals surface area contributed by atoms with Crippen LogP contribution in [-0.4, -0.2) is 50.9 Å². The standard InChI is InChI=1S/C36H39Cl2N3O5S/c1-5-26(3)39-36(43)34(21-27-9-7-6-8-10-27)40(23-28-13-14-29(37)22-33(28)38)35(42)24-41(30-15-11-25(2)12-16-30)47(44,45)32-19-17-31(46-4)18-20-32/h6-20,22,26,34H,5,21,23-24H2,1-4H3,(H,39,43)/t26-,34+/m0/s1. The number of rotatable bonds is 14. The normalized spacial score (nSPS) is 12.6. The summed E-state index contributed by atoms with van der Waals surface area (Å²) in [5, 5.41) is 3.76. The van der Waals surface area contributed by atoms with Crippen LogP contribution in [-0.2, 0) is 32.6 Å². The Morgan fingerprint density at radius 3 is 2.17 bits per heavy atom. The van der Waals surface area contributed by atoms with E-state index in [1.807, 2.05) is 51.1 Å². The Morgan fingerprint density at radius 2 is 1.57 bits per heavy atom. The van der Waals surface area contributed by atoms with E-state index in [-0.39, 0.29) is 29.8 Å². The van der Waals surface area contributed by atoms with Gasteiger partial charge in [-0.1, -0.05) is 84.2 Å². The summed E-state index contributed by atoms with van der Waals surface area (Å²) in [5.41, 5.74) is 2.61. The number of anilines is 1. The molecule has 4 aromatic carbocycles. The molecule has 0 heterocycles. The summed E-state index contributed by atoms with van der Waals surface area (Å²) in [6.45, 7) is 5.09. The van der Waals surface area contributed by atoms with Gasteiger partial charge in [-0.25, -0.2) is 8.42 Å². The van der Waals surface area contributed by atoms with E-state index in [9.17, 15) is 18.0 Å². The number of amides is 2. The molecule has 0 aliphatic rings. The molecule has 0 unspecified atom stereocenters. The fourth-order valence-corrected chi connectivity index (χ4v) is 6.83. The number of benzene rings is 4. The molecule has 1 N–H and O–H groups in total. The lowest BCUT2D eigenvalue weighted by Gasteiger charge is -2.34. The molecule has 0 fully saturated rings. The second kappa shape index (κ2) is 16.2. The number of sulfonamides is 1. The number of nitrogens with zero attached hydrogens (tertiary/aromatic N) is 2. The van der Waals surface area contributed by atoms with Gasteiger partial charge in [0, 0.05) is 29.1 Å². The summed E-state index contributed by atoms with van der Waals surface area (Å²) < 4.78 is 34.7. The van der Waals surface area contributed by atoms with E-state index in [1.54, 1.807) is 54.6 Å². The van der Waals surface area contributed by atoms with Crippen molar-refractivity contribution in [3.8, 4) is 5.75 Å². The van der Waals surface area contributed by atoms with Gasteiger partial charge in [-0.3, -0.25) is 13.9 Å². The Labute approximate surface area is 287 Å². The largest absolute Gasteiger partial charge is 0.497 e. The fraction of sp³-hybridized carbons (Fsp3) is 0.278. The van der Waals surface area contributed by atoms with Gasteiger partial charge >= 0.3 is 0 Å². The molecule has 0 aliphatic carbocycles. The monoisotopic (exact) mass is 695 g/mol. The van der Waals surface area contributed by atoms with Gasteiger partial charge < -0.3 is 15.0 Å². The Morgan fingerprint density at radius 1 is 0.915 bits per heavy atom. The molecule has 2 amide bonds. The van der Waals surface area contributed by atoms with E-state index in [0.717, 1.165) is 15.4 Å². The molecule has 0 aliphatic heterocycles. The van der Waals surface area contributed by atoms with Gasteiger partial charge in [0.2, 0.25) is 11.8 Å². The lowest BCUT2D eigenvalue weighted by atomic mass is 10.0. The molecule has 4 aromatic rings. The van der Waals surface area contributed by atoms with Gasteiger partial charge in [-0.05, 0) is 79.9 Å². The molecule has 0 spiro atoms. The fourth-order valence-electron chi connectivity index (χ4n) is 4.94. The maximum Gasteiger partial charge on any atom is 0.264 e. The molecule has 11 heteroatoms. The van der Waals surface area contributed by atoms with Crippen molar-refractivity contribution >= 4 is 50.7 Å². The third kappa shape index (κ3) is 9.28. The minimum Gasteiger partial charge on any atom is -0.497 e. The van der Waals surface area contributed by atoms with Crippen LogP contribution in [0.2, 0.25) is 10.0 Å². The first kappa shape index (κ1) is 35.8. The summed E-state index contributed by atoms with van der Waals surface area (Å²) in [7, 11) is -2.76. The number of ether oxygens (including phenoxy) is 1. The third-order valence-corrected chi connectivity index (χ3v) is 10.3. The van der Waals surface area contributed by atoms with E-state index in [1.165, 1.54) is 24.1 Å². The van der Waals surface area contributed by atoms with E-state index in [0.29, 0.717) is 33.5 Å². The average molecular weight is 697 g/mol. The van der Waals surface area contributed by atoms with Crippen LogP contribution in [0.4, 0.5) is 5.69 Å². The molecule has 0 bridgehead atoms. The van der Waals surface area contributed by atoms with Crippen LogP contribution in [0.5, 0.6) is 5.75 Å². The van der Waals surface area contributed by atoms with E-state index < -0.39 is 28.5 Å². The number of nitrogens with one attached hydrogen (secondary N) is 1. The number of aryl methyl sites for hydroxylation is 1. The molecular formula is C36H39Cl2N3O5S. The van der Waals surface area contributed by atoms with Crippen molar-refractivity contribution in [1.82, 2.24) is 10.2 Å². The lowest BCUT2D eigenvalue weighted by Crippen LogP contribution is -2.54. The first-order chi connectivity index (χ1) is 22.4. The van der Waals surface area contributed by atoms with Crippen molar-refractivity contribution in [3.63, 3.8) is 0 Å². The Hall–Kier alpha value is -4.05. The lowest BCUT2D eigenvalue weighted by molar-refractivity contribution is -0.140.